The van der Waals surface area contributed by atoms with Gasteiger partial charge in [0, 0.05) is 18.6 Å². The van der Waals surface area contributed by atoms with Crippen LogP contribution in [0, 0.1) is 0 Å². The van der Waals surface area contributed by atoms with Crippen LogP contribution in [0.1, 0.15) is 17.4 Å². The summed E-state index contributed by atoms with van der Waals surface area (Å²) in [6, 6.07) is 11.7. The summed E-state index contributed by atoms with van der Waals surface area (Å²) < 4.78 is 16.6. The summed E-state index contributed by atoms with van der Waals surface area (Å²) in [5, 5.41) is 59.4. The van der Waals surface area contributed by atoms with Crippen LogP contribution in [0.15, 0.2) is 57.7 Å². The van der Waals surface area contributed by atoms with Crippen LogP contribution in [0.5, 0.6) is 11.5 Å². The third-order valence-corrected chi connectivity index (χ3v) is 5.51. The first-order valence-corrected chi connectivity index (χ1v) is 10.3. The fourth-order valence-corrected chi connectivity index (χ4v) is 3.65. The molecular formula is C23H24O10. The molecule has 0 radical (unpaired) electrons. The van der Waals surface area contributed by atoms with Crippen molar-refractivity contribution < 1.29 is 44.5 Å². The zero-order chi connectivity index (χ0) is 23.7. The molecule has 176 valence electrons. The maximum absolute atomic E-state index is 12.5. The van der Waals surface area contributed by atoms with E-state index in [0.717, 1.165) is 5.56 Å². The Morgan fingerprint density at radius 2 is 1.70 bits per heavy atom. The van der Waals surface area contributed by atoms with Gasteiger partial charge in [-0.2, -0.15) is 0 Å². The lowest BCUT2D eigenvalue weighted by Gasteiger charge is -2.39. The van der Waals surface area contributed by atoms with E-state index in [4.69, 9.17) is 13.9 Å². The van der Waals surface area contributed by atoms with Gasteiger partial charge < -0.3 is 44.5 Å². The highest BCUT2D eigenvalue weighted by molar-refractivity contribution is 5.78. The third-order valence-electron chi connectivity index (χ3n) is 5.51. The number of aromatic hydroxyl groups is 1. The van der Waals surface area contributed by atoms with Crippen LogP contribution < -0.4 is 10.2 Å². The Morgan fingerprint density at radius 3 is 2.39 bits per heavy atom. The Balaban J connectivity index is 1.57. The monoisotopic (exact) mass is 460 g/mol. The number of aliphatic hydroxyl groups is 5. The van der Waals surface area contributed by atoms with E-state index in [-0.39, 0.29) is 40.1 Å². The SMILES string of the molecule is O=c1cc([C@@H](O)Cc2ccc(O)cc2)oc2cc(O[C@H]3O[C@H](CO)[C@@H](O)[C@H](O)[C@H]3O)ccc12. The molecule has 4 rings (SSSR count). The lowest BCUT2D eigenvalue weighted by Crippen LogP contribution is -2.60. The Kier molecular flexibility index (Phi) is 6.66. The van der Waals surface area contributed by atoms with Crippen molar-refractivity contribution in [1.82, 2.24) is 0 Å². The fourth-order valence-electron chi connectivity index (χ4n) is 3.65. The van der Waals surface area contributed by atoms with Crippen LogP contribution in [0.25, 0.3) is 11.0 Å². The average Bonchev–Trinajstić information content (AvgIpc) is 2.80. The molecule has 1 fully saturated rings. The number of benzene rings is 2. The maximum Gasteiger partial charge on any atom is 0.229 e. The van der Waals surface area contributed by atoms with Gasteiger partial charge in [-0.3, -0.25) is 4.79 Å². The van der Waals surface area contributed by atoms with Crippen LogP contribution >= 0.6 is 0 Å². The Morgan fingerprint density at radius 1 is 0.970 bits per heavy atom. The smallest absolute Gasteiger partial charge is 0.229 e. The Bertz CT molecular complexity index is 1160. The van der Waals surface area contributed by atoms with Gasteiger partial charge in [0.1, 0.15) is 53.4 Å². The summed E-state index contributed by atoms with van der Waals surface area (Å²) in [7, 11) is 0. The quantitative estimate of drug-likeness (QED) is 0.293. The van der Waals surface area contributed by atoms with Gasteiger partial charge in [-0.15, -0.1) is 0 Å². The van der Waals surface area contributed by atoms with Gasteiger partial charge in [-0.1, -0.05) is 12.1 Å². The molecule has 0 amide bonds. The second-order valence-corrected chi connectivity index (χ2v) is 7.87. The van der Waals surface area contributed by atoms with E-state index < -0.39 is 43.4 Å². The second-order valence-electron chi connectivity index (χ2n) is 7.87. The van der Waals surface area contributed by atoms with Crippen molar-refractivity contribution in [2.24, 2.45) is 0 Å². The van der Waals surface area contributed by atoms with Crippen LogP contribution in [0.3, 0.4) is 0 Å². The highest BCUT2D eigenvalue weighted by atomic mass is 16.7. The minimum absolute atomic E-state index is 0.0329. The molecular weight excluding hydrogens is 436 g/mol. The lowest BCUT2D eigenvalue weighted by atomic mass is 9.99. The highest BCUT2D eigenvalue weighted by Crippen LogP contribution is 2.28. The summed E-state index contributed by atoms with van der Waals surface area (Å²) in [6.07, 6.45) is -8.21. The topological polar surface area (TPSA) is 170 Å². The van der Waals surface area contributed by atoms with Gasteiger partial charge in [0.25, 0.3) is 0 Å². The van der Waals surface area contributed by atoms with E-state index in [2.05, 4.69) is 0 Å². The summed E-state index contributed by atoms with van der Waals surface area (Å²) in [5.41, 5.74) is 0.461. The maximum atomic E-state index is 12.5. The molecule has 0 unspecified atom stereocenters. The molecule has 2 heterocycles. The fraction of sp³-hybridized carbons (Fsp3) is 0.348. The standard InChI is InChI=1S/C23H24O10/c24-10-19-20(28)21(29)22(30)23(33-19)31-13-5-6-14-15(26)9-18(32-17(14)8-13)16(27)7-11-1-3-12(25)4-2-11/h1-6,8-9,16,19-25,27-30H,7,10H2/t16-,19+,20+,21-,22+,23-/m0/s1. The molecule has 33 heavy (non-hydrogen) atoms. The van der Waals surface area contributed by atoms with Crippen molar-refractivity contribution in [2.45, 2.75) is 43.2 Å². The lowest BCUT2D eigenvalue weighted by molar-refractivity contribution is -0.277. The van der Waals surface area contributed by atoms with Crippen LogP contribution in [-0.4, -0.2) is 68.0 Å². The number of hydrogen-bond acceptors (Lipinski definition) is 10. The summed E-state index contributed by atoms with van der Waals surface area (Å²) in [6.45, 7) is -0.598. The minimum Gasteiger partial charge on any atom is -0.508 e. The van der Waals surface area contributed by atoms with Crippen molar-refractivity contribution in [2.75, 3.05) is 6.61 Å². The molecule has 0 aliphatic carbocycles. The number of fused-ring (bicyclic) bond motifs is 1. The molecule has 1 aliphatic rings. The molecule has 1 saturated heterocycles. The number of rotatable bonds is 6. The number of phenolic OH excluding ortho intramolecular Hbond substituents is 1. The number of hydrogen-bond donors (Lipinski definition) is 6. The Hall–Kier alpha value is -2.99. The summed E-state index contributed by atoms with van der Waals surface area (Å²) in [4.78, 5) is 12.5. The van der Waals surface area contributed by atoms with Gasteiger partial charge in [0.2, 0.25) is 6.29 Å². The molecule has 6 N–H and O–H groups in total. The van der Waals surface area contributed by atoms with Crippen molar-refractivity contribution >= 4 is 11.0 Å². The molecule has 10 nitrogen and oxygen atoms in total. The highest BCUT2D eigenvalue weighted by Gasteiger charge is 2.44. The van der Waals surface area contributed by atoms with E-state index in [0.29, 0.717) is 0 Å². The molecule has 2 aromatic carbocycles. The number of ether oxygens (including phenoxy) is 2. The van der Waals surface area contributed by atoms with Crippen molar-refractivity contribution in [3.05, 3.63) is 70.1 Å². The first-order chi connectivity index (χ1) is 15.8. The van der Waals surface area contributed by atoms with E-state index in [1.807, 2.05) is 0 Å². The van der Waals surface area contributed by atoms with Gasteiger partial charge >= 0.3 is 0 Å². The first kappa shape index (κ1) is 23.2. The van der Waals surface area contributed by atoms with Crippen molar-refractivity contribution in [3.8, 4) is 11.5 Å². The van der Waals surface area contributed by atoms with Gasteiger partial charge in [-0.25, -0.2) is 0 Å². The molecule has 0 spiro atoms. The molecule has 0 bridgehead atoms. The van der Waals surface area contributed by atoms with Crippen LogP contribution in [0.4, 0.5) is 0 Å². The van der Waals surface area contributed by atoms with E-state index in [1.165, 1.54) is 36.4 Å². The zero-order valence-electron chi connectivity index (χ0n) is 17.3. The van der Waals surface area contributed by atoms with Crippen molar-refractivity contribution in [3.63, 3.8) is 0 Å². The van der Waals surface area contributed by atoms with Gasteiger partial charge in [-0.05, 0) is 29.8 Å². The molecule has 6 atom stereocenters. The molecule has 10 heteroatoms. The summed E-state index contributed by atoms with van der Waals surface area (Å²) in [5.74, 6) is 0.253. The minimum atomic E-state index is -1.60. The third kappa shape index (κ3) is 4.86. The normalized spacial score (nSPS) is 26.3. The Labute approximate surface area is 187 Å². The number of aliphatic hydroxyl groups excluding tert-OH is 5. The molecule has 0 saturated carbocycles. The zero-order valence-corrected chi connectivity index (χ0v) is 17.3. The molecule has 1 aliphatic heterocycles. The average molecular weight is 460 g/mol. The largest absolute Gasteiger partial charge is 0.508 e. The number of phenols is 1. The van der Waals surface area contributed by atoms with Crippen LogP contribution in [-0.2, 0) is 11.2 Å². The van der Waals surface area contributed by atoms with Gasteiger partial charge in [0.15, 0.2) is 5.43 Å². The summed E-state index contributed by atoms with van der Waals surface area (Å²) >= 11 is 0. The predicted octanol–water partition coefficient (Wildman–Crippen LogP) is -0.0466. The molecule has 1 aromatic heterocycles. The van der Waals surface area contributed by atoms with Crippen LogP contribution in [0.2, 0.25) is 0 Å². The van der Waals surface area contributed by atoms with E-state index in [9.17, 15) is 35.4 Å². The predicted molar refractivity (Wildman–Crippen MR) is 114 cm³/mol. The second kappa shape index (κ2) is 9.48. The van der Waals surface area contributed by atoms with E-state index >= 15 is 0 Å². The molecule has 3 aromatic rings. The van der Waals surface area contributed by atoms with E-state index in [1.54, 1.807) is 12.1 Å². The first-order valence-electron chi connectivity index (χ1n) is 10.3. The van der Waals surface area contributed by atoms with Gasteiger partial charge in [0.05, 0.1) is 12.0 Å². The van der Waals surface area contributed by atoms with Crippen molar-refractivity contribution in [1.29, 1.82) is 0 Å².